The normalized spacial score (nSPS) is 10.8. The molecule has 8 heteroatoms. The maximum atomic E-state index is 13.7. The molecule has 106 valence electrons. The van der Waals surface area contributed by atoms with E-state index in [1.54, 1.807) is 18.2 Å². The number of halogens is 1. The second-order valence-electron chi connectivity index (χ2n) is 4.41. The SMILES string of the molecule is CC(=O)Nc1ncnc2c1nnn2Cc1ccccc1F. The van der Waals surface area contributed by atoms with Crippen LogP contribution in [0.4, 0.5) is 10.2 Å². The summed E-state index contributed by atoms with van der Waals surface area (Å²) >= 11 is 0. The van der Waals surface area contributed by atoms with Crippen LogP contribution in [0.2, 0.25) is 0 Å². The standard InChI is InChI=1S/C13H11FN6O/c1-8(21)17-12-11-13(16-7-15-12)20(19-18-11)6-9-4-2-3-5-10(9)14/h2-5,7H,6H2,1H3,(H,15,16,17,21). The van der Waals surface area contributed by atoms with E-state index in [-0.39, 0.29) is 24.1 Å². The van der Waals surface area contributed by atoms with Gasteiger partial charge in [0.2, 0.25) is 5.91 Å². The number of aromatic nitrogens is 5. The number of rotatable bonds is 3. The van der Waals surface area contributed by atoms with Crippen LogP contribution in [0.5, 0.6) is 0 Å². The van der Waals surface area contributed by atoms with Crippen LogP contribution in [0.15, 0.2) is 30.6 Å². The summed E-state index contributed by atoms with van der Waals surface area (Å²) in [5.41, 5.74) is 1.27. The molecule has 0 saturated heterocycles. The number of carbonyl (C=O) groups excluding carboxylic acids is 1. The second kappa shape index (κ2) is 5.23. The van der Waals surface area contributed by atoms with Crippen molar-refractivity contribution >= 4 is 22.9 Å². The van der Waals surface area contributed by atoms with Gasteiger partial charge in [-0.3, -0.25) is 4.79 Å². The van der Waals surface area contributed by atoms with Crippen LogP contribution < -0.4 is 5.32 Å². The minimum Gasteiger partial charge on any atom is -0.309 e. The van der Waals surface area contributed by atoms with Crippen LogP contribution in [-0.4, -0.2) is 30.9 Å². The molecule has 3 rings (SSSR count). The maximum Gasteiger partial charge on any atom is 0.222 e. The Bertz CT molecular complexity index is 815. The Morgan fingerprint density at radius 2 is 2.14 bits per heavy atom. The predicted octanol–water partition coefficient (Wildman–Crippen LogP) is 1.37. The molecule has 0 spiro atoms. The van der Waals surface area contributed by atoms with Crippen molar-refractivity contribution in [1.82, 2.24) is 25.0 Å². The van der Waals surface area contributed by atoms with Crippen molar-refractivity contribution in [2.75, 3.05) is 5.32 Å². The van der Waals surface area contributed by atoms with E-state index in [0.29, 0.717) is 16.7 Å². The molecule has 0 atom stereocenters. The molecule has 0 unspecified atom stereocenters. The maximum absolute atomic E-state index is 13.7. The van der Waals surface area contributed by atoms with Gasteiger partial charge in [-0.15, -0.1) is 5.10 Å². The lowest BCUT2D eigenvalue weighted by molar-refractivity contribution is -0.114. The molecule has 0 fully saturated rings. The van der Waals surface area contributed by atoms with Crippen molar-refractivity contribution < 1.29 is 9.18 Å². The van der Waals surface area contributed by atoms with Crippen LogP contribution in [-0.2, 0) is 11.3 Å². The van der Waals surface area contributed by atoms with Crippen LogP contribution in [0, 0.1) is 5.82 Å². The van der Waals surface area contributed by atoms with Gasteiger partial charge in [0.15, 0.2) is 17.0 Å². The second-order valence-corrected chi connectivity index (χ2v) is 4.41. The third-order valence-electron chi connectivity index (χ3n) is 2.87. The summed E-state index contributed by atoms with van der Waals surface area (Å²) in [7, 11) is 0. The number of fused-ring (bicyclic) bond motifs is 1. The largest absolute Gasteiger partial charge is 0.309 e. The first-order valence-electron chi connectivity index (χ1n) is 6.20. The molecule has 0 aliphatic rings. The van der Waals surface area contributed by atoms with Gasteiger partial charge in [-0.1, -0.05) is 23.4 Å². The fraction of sp³-hybridized carbons (Fsp3) is 0.154. The summed E-state index contributed by atoms with van der Waals surface area (Å²) < 4.78 is 15.1. The van der Waals surface area contributed by atoms with Crippen molar-refractivity contribution in [2.45, 2.75) is 13.5 Å². The number of anilines is 1. The van der Waals surface area contributed by atoms with E-state index in [2.05, 4.69) is 25.6 Å². The summed E-state index contributed by atoms with van der Waals surface area (Å²) in [6, 6.07) is 6.41. The molecule has 7 nitrogen and oxygen atoms in total. The fourth-order valence-corrected chi connectivity index (χ4v) is 1.94. The molecule has 1 amide bonds. The van der Waals surface area contributed by atoms with E-state index in [0.717, 1.165) is 0 Å². The third-order valence-corrected chi connectivity index (χ3v) is 2.87. The van der Waals surface area contributed by atoms with Gasteiger partial charge in [0.05, 0.1) is 6.54 Å². The van der Waals surface area contributed by atoms with Gasteiger partial charge in [-0.25, -0.2) is 19.0 Å². The average Bonchev–Trinajstić information content (AvgIpc) is 2.85. The lowest BCUT2D eigenvalue weighted by atomic mass is 10.2. The Kier molecular flexibility index (Phi) is 3.27. The Balaban J connectivity index is 2.01. The van der Waals surface area contributed by atoms with Gasteiger partial charge in [-0.05, 0) is 6.07 Å². The molecule has 0 saturated carbocycles. The van der Waals surface area contributed by atoms with Gasteiger partial charge in [-0.2, -0.15) is 0 Å². The monoisotopic (exact) mass is 286 g/mol. The summed E-state index contributed by atoms with van der Waals surface area (Å²) in [5, 5.41) is 10.5. The van der Waals surface area contributed by atoms with Crippen molar-refractivity contribution in [3.8, 4) is 0 Å². The zero-order valence-electron chi connectivity index (χ0n) is 11.1. The molecule has 1 N–H and O–H groups in total. The molecule has 21 heavy (non-hydrogen) atoms. The van der Waals surface area contributed by atoms with E-state index in [4.69, 9.17) is 0 Å². The number of benzene rings is 1. The molecule has 0 radical (unpaired) electrons. The molecule has 3 aromatic rings. The lowest BCUT2D eigenvalue weighted by Gasteiger charge is -2.04. The Labute approximate surface area is 118 Å². The third kappa shape index (κ3) is 2.55. The summed E-state index contributed by atoms with van der Waals surface area (Å²) in [5.74, 6) is -0.303. The van der Waals surface area contributed by atoms with Crippen LogP contribution in [0.1, 0.15) is 12.5 Å². The van der Waals surface area contributed by atoms with Crippen LogP contribution in [0.25, 0.3) is 11.2 Å². The minimum absolute atomic E-state index is 0.194. The molecule has 0 aliphatic heterocycles. The first-order chi connectivity index (χ1) is 10.1. The van der Waals surface area contributed by atoms with E-state index >= 15 is 0 Å². The molecular weight excluding hydrogens is 275 g/mol. The van der Waals surface area contributed by atoms with Crippen LogP contribution in [0.3, 0.4) is 0 Å². The number of hydrogen-bond acceptors (Lipinski definition) is 5. The van der Waals surface area contributed by atoms with Gasteiger partial charge in [0.25, 0.3) is 0 Å². The van der Waals surface area contributed by atoms with Crippen molar-refractivity contribution in [1.29, 1.82) is 0 Å². The van der Waals surface area contributed by atoms with E-state index in [1.165, 1.54) is 24.0 Å². The highest BCUT2D eigenvalue weighted by Crippen LogP contribution is 2.17. The molecule has 2 heterocycles. The minimum atomic E-state index is -0.322. The van der Waals surface area contributed by atoms with Crippen molar-refractivity contribution in [3.05, 3.63) is 42.0 Å². The van der Waals surface area contributed by atoms with Gasteiger partial charge >= 0.3 is 0 Å². The van der Waals surface area contributed by atoms with Crippen molar-refractivity contribution in [2.24, 2.45) is 0 Å². The number of nitrogens with zero attached hydrogens (tertiary/aromatic N) is 5. The summed E-state index contributed by atoms with van der Waals surface area (Å²) in [4.78, 5) is 19.2. The molecule has 0 aliphatic carbocycles. The Morgan fingerprint density at radius 1 is 1.33 bits per heavy atom. The van der Waals surface area contributed by atoms with Gasteiger partial charge < -0.3 is 5.32 Å². The number of hydrogen-bond donors (Lipinski definition) is 1. The fourth-order valence-electron chi connectivity index (χ4n) is 1.94. The topological polar surface area (TPSA) is 85.6 Å². The first-order valence-corrected chi connectivity index (χ1v) is 6.20. The highest BCUT2D eigenvalue weighted by atomic mass is 19.1. The predicted molar refractivity (Wildman–Crippen MR) is 72.9 cm³/mol. The summed E-state index contributed by atoms with van der Waals surface area (Å²) in [6.45, 7) is 1.57. The molecule has 2 aromatic heterocycles. The number of amides is 1. The van der Waals surface area contributed by atoms with Gasteiger partial charge in [0, 0.05) is 12.5 Å². The zero-order valence-corrected chi connectivity index (χ0v) is 11.1. The highest BCUT2D eigenvalue weighted by molar-refractivity contribution is 5.95. The average molecular weight is 286 g/mol. The van der Waals surface area contributed by atoms with Crippen LogP contribution >= 0.6 is 0 Å². The number of nitrogens with one attached hydrogen (secondary N) is 1. The Morgan fingerprint density at radius 3 is 2.90 bits per heavy atom. The van der Waals surface area contributed by atoms with E-state index in [1.807, 2.05) is 0 Å². The molecule has 1 aromatic carbocycles. The Hall–Kier alpha value is -2.90. The molecular formula is C13H11FN6O. The number of carbonyl (C=O) groups is 1. The quantitative estimate of drug-likeness (QED) is 0.786. The summed E-state index contributed by atoms with van der Waals surface area (Å²) in [6.07, 6.45) is 1.30. The zero-order chi connectivity index (χ0) is 14.8. The highest BCUT2D eigenvalue weighted by Gasteiger charge is 2.13. The smallest absolute Gasteiger partial charge is 0.222 e. The van der Waals surface area contributed by atoms with Gasteiger partial charge in [0.1, 0.15) is 12.1 Å². The molecule has 0 bridgehead atoms. The van der Waals surface area contributed by atoms with E-state index < -0.39 is 0 Å². The lowest BCUT2D eigenvalue weighted by Crippen LogP contribution is -2.09. The first kappa shape index (κ1) is 13.1. The van der Waals surface area contributed by atoms with Crippen molar-refractivity contribution in [3.63, 3.8) is 0 Å². The van der Waals surface area contributed by atoms with E-state index in [9.17, 15) is 9.18 Å².